The first-order valence-electron chi connectivity index (χ1n) is 7.40. The van der Waals surface area contributed by atoms with Gasteiger partial charge in [0.1, 0.15) is 6.10 Å². The lowest BCUT2D eigenvalue weighted by atomic mass is 9.97. The van der Waals surface area contributed by atoms with Crippen molar-refractivity contribution in [2.24, 2.45) is 0 Å². The zero-order valence-corrected chi connectivity index (χ0v) is 13.2. The third-order valence-corrected chi connectivity index (χ3v) is 4.51. The number of hydrogen-bond acceptors (Lipinski definition) is 2. The minimum absolute atomic E-state index is 0.150. The van der Waals surface area contributed by atoms with E-state index in [4.69, 9.17) is 4.74 Å². The molecule has 1 aromatic rings. The number of alkyl halides is 1. The Morgan fingerprint density at radius 3 is 3.05 bits per heavy atom. The van der Waals surface area contributed by atoms with Gasteiger partial charge in [-0.05, 0) is 49.3 Å². The van der Waals surface area contributed by atoms with Gasteiger partial charge >= 0.3 is 0 Å². The number of nitrogens with zero attached hydrogens (tertiary/aromatic N) is 1. The molecule has 1 fully saturated rings. The van der Waals surface area contributed by atoms with E-state index in [1.807, 2.05) is 4.90 Å². The summed E-state index contributed by atoms with van der Waals surface area (Å²) in [6.07, 6.45) is 4.80. The Hall–Kier alpha value is -0.870. The highest BCUT2D eigenvalue weighted by molar-refractivity contribution is 9.09. The SMILES string of the molecule is O=C(C1CCCO1)N1CCCc2cc(CCBr)ccc21. The van der Waals surface area contributed by atoms with E-state index in [1.165, 1.54) is 11.1 Å². The van der Waals surface area contributed by atoms with Crippen LogP contribution in [-0.2, 0) is 22.4 Å². The number of anilines is 1. The molecule has 0 bridgehead atoms. The summed E-state index contributed by atoms with van der Waals surface area (Å²) in [4.78, 5) is 14.5. The van der Waals surface area contributed by atoms with E-state index in [1.54, 1.807) is 0 Å². The first-order chi connectivity index (χ1) is 9.79. The lowest BCUT2D eigenvalue weighted by Gasteiger charge is -2.31. The third kappa shape index (κ3) is 2.77. The molecule has 1 atom stereocenters. The number of benzene rings is 1. The summed E-state index contributed by atoms with van der Waals surface area (Å²) in [7, 11) is 0. The molecule has 1 saturated heterocycles. The van der Waals surface area contributed by atoms with Crippen molar-refractivity contribution in [3.05, 3.63) is 29.3 Å². The van der Waals surface area contributed by atoms with Crippen molar-refractivity contribution in [1.29, 1.82) is 0 Å². The molecule has 0 aromatic heterocycles. The molecular formula is C16H20BrNO2. The highest BCUT2D eigenvalue weighted by Crippen LogP contribution is 2.30. The number of aryl methyl sites for hydroxylation is 2. The van der Waals surface area contributed by atoms with E-state index < -0.39 is 0 Å². The highest BCUT2D eigenvalue weighted by Gasteiger charge is 2.31. The molecule has 1 amide bonds. The molecule has 0 N–H and O–H groups in total. The molecule has 2 aliphatic heterocycles. The van der Waals surface area contributed by atoms with Gasteiger partial charge < -0.3 is 9.64 Å². The molecule has 0 spiro atoms. The van der Waals surface area contributed by atoms with Crippen LogP contribution in [0.2, 0.25) is 0 Å². The van der Waals surface area contributed by atoms with E-state index >= 15 is 0 Å². The number of carbonyl (C=O) groups is 1. The van der Waals surface area contributed by atoms with E-state index in [2.05, 4.69) is 34.1 Å². The topological polar surface area (TPSA) is 29.5 Å². The molecule has 0 radical (unpaired) electrons. The van der Waals surface area contributed by atoms with Crippen molar-refractivity contribution in [2.75, 3.05) is 23.4 Å². The molecule has 0 aliphatic carbocycles. The number of fused-ring (bicyclic) bond motifs is 1. The summed E-state index contributed by atoms with van der Waals surface area (Å²) < 4.78 is 5.55. The van der Waals surface area contributed by atoms with Crippen LogP contribution in [0.15, 0.2) is 18.2 Å². The Morgan fingerprint density at radius 2 is 2.30 bits per heavy atom. The van der Waals surface area contributed by atoms with E-state index in [0.29, 0.717) is 0 Å². The monoisotopic (exact) mass is 337 g/mol. The summed E-state index contributed by atoms with van der Waals surface area (Å²) in [6.45, 7) is 1.55. The first-order valence-corrected chi connectivity index (χ1v) is 8.52. The summed E-state index contributed by atoms with van der Waals surface area (Å²) in [6, 6.07) is 6.51. The van der Waals surface area contributed by atoms with Crippen LogP contribution in [0.4, 0.5) is 5.69 Å². The fourth-order valence-electron chi connectivity index (χ4n) is 3.09. The van der Waals surface area contributed by atoms with Crippen molar-refractivity contribution < 1.29 is 9.53 Å². The number of hydrogen-bond donors (Lipinski definition) is 0. The van der Waals surface area contributed by atoms with Crippen LogP contribution in [0.1, 0.15) is 30.4 Å². The molecule has 20 heavy (non-hydrogen) atoms. The van der Waals surface area contributed by atoms with E-state index in [-0.39, 0.29) is 12.0 Å². The summed E-state index contributed by atoms with van der Waals surface area (Å²) in [5.41, 5.74) is 3.74. The largest absolute Gasteiger partial charge is 0.368 e. The molecule has 4 heteroatoms. The molecule has 3 rings (SSSR count). The Bertz CT molecular complexity index is 497. The number of rotatable bonds is 3. The zero-order valence-electron chi connectivity index (χ0n) is 11.6. The second kappa shape index (κ2) is 6.27. The fraction of sp³-hybridized carbons (Fsp3) is 0.562. The van der Waals surface area contributed by atoms with Gasteiger partial charge in [-0.25, -0.2) is 0 Å². The number of ether oxygens (including phenoxy) is 1. The van der Waals surface area contributed by atoms with Gasteiger partial charge in [-0.1, -0.05) is 28.1 Å². The van der Waals surface area contributed by atoms with Crippen molar-refractivity contribution in [3.8, 4) is 0 Å². The second-order valence-corrected chi connectivity index (χ2v) is 6.29. The van der Waals surface area contributed by atoms with Crippen LogP contribution in [0.25, 0.3) is 0 Å². The van der Waals surface area contributed by atoms with Crippen LogP contribution < -0.4 is 4.90 Å². The van der Waals surface area contributed by atoms with Crippen molar-refractivity contribution in [1.82, 2.24) is 0 Å². The Kier molecular flexibility index (Phi) is 4.41. The van der Waals surface area contributed by atoms with Crippen LogP contribution >= 0.6 is 15.9 Å². The smallest absolute Gasteiger partial charge is 0.256 e. The molecule has 2 heterocycles. The van der Waals surface area contributed by atoms with Gasteiger partial charge in [-0.2, -0.15) is 0 Å². The average molecular weight is 338 g/mol. The molecular weight excluding hydrogens is 318 g/mol. The van der Waals surface area contributed by atoms with Crippen molar-refractivity contribution in [2.45, 2.75) is 38.2 Å². The van der Waals surface area contributed by atoms with Crippen molar-refractivity contribution in [3.63, 3.8) is 0 Å². The van der Waals surface area contributed by atoms with Crippen LogP contribution in [0.3, 0.4) is 0 Å². The van der Waals surface area contributed by atoms with Gasteiger partial charge in [0.2, 0.25) is 0 Å². The number of carbonyl (C=O) groups excluding carboxylic acids is 1. The predicted molar refractivity (Wildman–Crippen MR) is 83.6 cm³/mol. The first kappa shape index (κ1) is 14.1. The maximum atomic E-state index is 12.6. The molecule has 0 saturated carbocycles. The minimum atomic E-state index is -0.219. The van der Waals surface area contributed by atoms with Gasteiger partial charge in [0.15, 0.2) is 0 Å². The summed E-state index contributed by atoms with van der Waals surface area (Å²) in [5.74, 6) is 0.150. The molecule has 2 aliphatic rings. The lowest BCUT2D eigenvalue weighted by molar-refractivity contribution is -0.127. The quantitative estimate of drug-likeness (QED) is 0.793. The van der Waals surface area contributed by atoms with Gasteiger partial charge in [0, 0.05) is 24.2 Å². The predicted octanol–water partition coefficient (Wildman–Crippen LogP) is 3.08. The Labute approximate surface area is 128 Å². The summed E-state index contributed by atoms with van der Waals surface area (Å²) in [5, 5.41) is 0.977. The Morgan fingerprint density at radius 1 is 1.40 bits per heavy atom. The number of halogens is 1. The van der Waals surface area contributed by atoms with Gasteiger partial charge in [0.05, 0.1) is 0 Å². The molecule has 1 unspecified atom stereocenters. The molecule has 3 nitrogen and oxygen atoms in total. The maximum absolute atomic E-state index is 12.6. The van der Waals surface area contributed by atoms with Gasteiger partial charge in [0.25, 0.3) is 5.91 Å². The summed E-state index contributed by atoms with van der Waals surface area (Å²) >= 11 is 3.48. The molecule has 1 aromatic carbocycles. The zero-order chi connectivity index (χ0) is 13.9. The van der Waals surface area contributed by atoms with Crippen LogP contribution in [-0.4, -0.2) is 30.5 Å². The average Bonchev–Trinajstić information content (AvgIpc) is 3.00. The van der Waals surface area contributed by atoms with E-state index in [9.17, 15) is 4.79 Å². The second-order valence-electron chi connectivity index (χ2n) is 5.50. The van der Waals surface area contributed by atoms with Gasteiger partial charge in [-0.3, -0.25) is 4.79 Å². The standard InChI is InChI=1S/C16H20BrNO2/c17-8-7-12-5-6-14-13(11-12)3-1-9-18(14)16(19)15-4-2-10-20-15/h5-6,11,15H,1-4,7-10H2. The van der Waals surface area contributed by atoms with Gasteiger partial charge in [-0.15, -0.1) is 0 Å². The minimum Gasteiger partial charge on any atom is -0.368 e. The highest BCUT2D eigenvalue weighted by atomic mass is 79.9. The van der Waals surface area contributed by atoms with Crippen molar-refractivity contribution >= 4 is 27.5 Å². The fourth-order valence-corrected chi connectivity index (χ4v) is 3.55. The van der Waals surface area contributed by atoms with Crippen LogP contribution in [0, 0.1) is 0 Å². The van der Waals surface area contributed by atoms with E-state index in [0.717, 1.165) is 56.3 Å². The third-order valence-electron chi connectivity index (χ3n) is 4.12. The Balaban J connectivity index is 1.83. The molecule has 108 valence electrons. The lowest BCUT2D eigenvalue weighted by Crippen LogP contribution is -2.42. The number of amides is 1. The normalized spacial score (nSPS) is 21.9. The maximum Gasteiger partial charge on any atom is 0.256 e. The van der Waals surface area contributed by atoms with Crippen LogP contribution in [0.5, 0.6) is 0 Å².